The average Bonchev–Trinajstić information content (AvgIpc) is 2.28. The molecule has 1 aliphatic heterocycles. The fourth-order valence-electron chi connectivity index (χ4n) is 2.57. The average molecular weight is 247 g/mol. The molecule has 2 rings (SSSR count). The zero-order valence-corrected chi connectivity index (χ0v) is 11.3. The summed E-state index contributed by atoms with van der Waals surface area (Å²) in [5.41, 5.74) is 8.13. The van der Waals surface area contributed by atoms with Crippen molar-refractivity contribution in [2.45, 2.75) is 19.9 Å². The minimum Gasteiger partial charge on any atom is -0.398 e. The lowest BCUT2D eigenvalue weighted by molar-refractivity contribution is 0.0534. The van der Waals surface area contributed by atoms with Gasteiger partial charge >= 0.3 is 0 Å². The van der Waals surface area contributed by atoms with Gasteiger partial charge in [-0.25, -0.2) is 0 Å². The van der Waals surface area contributed by atoms with Gasteiger partial charge in [0.05, 0.1) is 5.56 Å². The molecule has 1 amide bonds. The van der Waals surface area contributed by atoms with E-state index < -0.39 is 0 Å². The number of nitrogens with two attached hydrogens (primary N) is 1. The van der Waals surface area contributed by atoms with Crippen molar-refractivity contribution in [3.8, 4) is 0 Å². The van der Waals surface area contributed by atoms with Gasteiger partial charge in [-0.2, -0.15) is 0 Å². The maximum Gasteiger partial charge on any atom is 0.256 e. The van der Waals surface area contributed by atoms with Crippen molar-refractivity contribution in [1.29, 1.82) is 0 Å². The van der Waals surface area contributed by atoms with Crippen molar-refractivity contribution < 1.29 is 4.79 Å². The Kier molecular flexibility index (Phi) is 3.57. The monoisotopic (exact) mass is 247 g/mol. The summed E-state index contributed by atoms with van der Waals surface area (Å²) in [6.07, 6.45) is 0. The molecule has 18 heavy (non-hydrogen) atoms. The quantitative estimate of drug-likeness (QED) is 0.762. The Morgan fingerprint density at radius 1 is 1.39 bits per heavy atom. The number of nitrogens with zero attached hydrogens (tertiary/aromatic N) is 2. The highest BCUT2D eigenvalue weighted by molar-refractivity contribution is 6.00. The lowest BCUT2D eigenvalue weighted by atomic mass is 10.0. The van der Waals surface area contributed by atoms with Crippen molar-refractivity contribution in [2.75, 3.05) is 32.4 Å². The maximum atomic E-state index is 12.6. The number of amides is 1. The van der Waals surface area contributed by atoms with Crippen molar-refractivity contribution in [1.82, 2.24) is 9.80 Å². The molecule has 0 spiro atoms. The maximum absolute atomic E-state index is 12.6. The molecule has 4 heteroatoms. The van der Waals surface area contributed by atoms with Gasteiger partial charge in [0, 0.05) is 31.4 Å². The summed E-state index contributed by atoms with van der Waals surface area (Å²) in [4.78, 5) is 16.8. The molecule has 1 saturated heterocycles. The summed E-state index contributed by atoms with van der Waals surface area (Å²) in [6, 6.07) is 5.84. The molecule has 1 aromatic carbocycles. The van der Waals surface area contributed by atoms with Gasteiger partial charge < -0.3 is 15.5 Å². The Bertz CT molecular complexity index is 438. The number of likely N-dealkylation sites (N-methyl/N-ethyl adjacent to an activating group) is 1. The molecule has 1 aromatic rings. The zero-order chi connectivity index (χ0) is 13.3. The number of anilines is 1. The number of carbonyl (C=O) groups excluding carboxylic acids is 1. The third-order valence-electron chi connectivity index (χ3n) is 3.61. The summed E-state index contributed by atoms with van der Waals surface area (Å²) >= 11 is 0. The molecular formula is C14H21N3O. The molecule has 98 valence electrons. The number of aryl methyl sites for hydroxylation is 1. The van der Waals surface area contributed by atoms with E-state index in [4.69, 9.17) is 5.73 Å². The number of hydrogen-bond acceptors (Lipinski definition) is 3. The van der Waals surface area contributed by atoms with Gasteiger partial charge in [-0.15, -0.1) is 0 Å². The second-order valence-electron chi connectivity index (χ2n) is 5.15. The first-order valence-electron chi connectivity index (χ1n) is 6.35. The van der Waals surface area contributed by atoms with Gasteiger partial charge in [0.1, 0.15) is 0 Å². The van der Waals surface area contributed by atoms with E-state index >= 15 is 0 Å². The molecule has 1 fully saturated rings. The fraction of sp³-hybridized carbons (Fsp3) is 0.500. The van der Waals surface area contributed by atoms with Crippen LogP contribution in [0.1, 0.15) is 22.8 Å². The third kappa shape index (κ3) is 2.34. The summed E-state index contributed by atoms with van der Waals surface area (Å²) in [5.74, 6) is 0.0613. The van der Waals surface area contributed by atoms with Gasteiger partial charge in [-0.1, -0.05) is 12.1 Å². The Balaban J connectivity index is 2.26. The largest absolute Gasteiger partial charge is 0.398 e. The van der Waals surface area contributed by atoms with E-state index in [0.717, 1.165) is 25.2 Å². The van der Waals surface area contributed by atoms with Gasteiger partial charge in [0.25, 0.3) is 5.91 Å². The molecule has 2 N–H and O–H groups in total. The molecule has 0 bridgehead atoms. The van der Waals surface area contributed by atoms with E-state index in [9.17, 15) is 4.79 Å². The number of benzene rings is 1. The Labute approximate surface area is 108 Å². The van der Waals surface area contributed by atoms with Crippen LogP contribution in [0.4, 0.5) is 5.69 Å². The van der Waals surface area contributed by atoms with Crippen LogP contribution < -0.4 is 5.73 Å². The Morgan fingerprint density at radius 2 is 2.11 bits per heavy atom. The van der Waals surface area contributed by atoms with E-state index in [-0.39, 0.29) is 11.9 Å². The molecule has 1 aliphatic rings. The van der Waals surface area contributed by atoms with Gasteiger partial charge in [0.15, 0.2) is 0 Å². The van der Waals surface area contributed by atoms with Crippen molar-refractivity contribution in [2.24, 2.45) is 0 Å². The molecule has 4 nitrogen and oxygen atoms in total. The standard InChI is InChI=1S/C14H21N3O/c1-10-5-4-6-12(15)13(10)14(18)17-8-7-16(3)9-11(17)2/h4-6,11H,7-9,15H2,1-3H3. The van der Waals surface area contributed by atoms with Crippen LogP contribution in [0.15, 0.2) is 18.2 Å². The van der Waals surface area contributed by atoms with Crippen molar-refractivity contribution in [3.05, 3.63) is 29.3 Å². The van der Waals surface area contributed by atoms with E-state index in [1.165, 1.54) is 0 Å². The molecule has 1 atom stereocenters. The Morgan fingerprint density at radius 3 is 2.72 bits per heavy atom. The molecule has 0 aromatic heterocycles. The third-order valence-corrected chi connectivity index (χ3v) is 3.61. The second kappa shape index (κ2) is 4.98. The van der Waals surface area contributed by atoms with Gasteiger partial charge in [-0.3, -0.25) is 4.79 Å². The van der Waals surface area contributed by atoms with Gasteiger partial charge in [-0.05, 0) is 32.5 Å². The van der Waals surface area contributed by atoms with E-state index in [0.29, 0.717) is 11.3 Å². The number of hydrogen-bond donors (Lipinski definition) is 1. The first kappa shape index (κ1) is 12.9. The lowest BCUT2D eigenvalue weighted by Gasteiger charge is -2.38. The zero-order valence-electron chi connectivity index (χ0n) is 11.3. The number of rotatable bonds is 1. The molecule has 1 unspecified atom stereocenters. The van der Waals surface area contributed by atoms with Crippen LogP contribution in [-0.4, -0.2) is 48.4 Å². The first-order chi connectivity index (χ1) is 8.50. The molecule has 0 saturated carbocycles. The van der Waals surface area contributed by atoms with Crippen LogP contribution in [0, 0.1) is 6.92 Å². The topological polar surface area (TPSA) is 49.6 Å². The number of carbonyl (C=O) groups is 1. The van der Waals surface area contributed by atoms with Crippen LogP contribution in [0.5, 0.6) is 0 Å². The minimum absolute atomic E-state index is 0.0613. The van der Waals surface area contributed by atoms with E-state index in [1.807, 2.05) is 24.0 Å². The van der Waals surface area contributed by atoms with Crippen molar-refractivity contribution >= 4 is 11.6 Å². The smallest absolute Gasteiger partial charge is 0.256 e. The summed E-state index contributed by atoms with van der Waals surface area (Å²) in [6.45, 7) is 6.62. The molecule has 1 heterocycles. The van der Waals surface area contributed by atoms with Crippen LogP contribution in [0.3, 0.4) is 0 Å². The summed E-state index contributed by atoms with van der Waals surface area (Å²) in [7, 11) is 2.08. The van der Waals surface area contributed by atoms with Crippen LogP contribution in [-0.2, 0) is 0 Å². The predicted octanol–water partition coefficient (Wildman–Crippen LogP) is 1.35. The van der Waals surface area contributed by atoms with Crippen molar-refractivity contribution in [3.63, 3.8) is 0 Å². The lowest BCUT2D eigenvalue weighted by Crippen LogP contribution is -2.52. The number of piperazine rings is 1. The summed E-state index contributed by atoms with van der Waals surface area (Å²) < 4.78 is 0. The predicted molar refractivity (Wildman–Crippen MR) is 73.6 cm³/mol. The highest BCUT2D eigenvalue weighted by Gasteiger charge is 2.28. The molecule has 0 radical (unpaired) electrons. The normalized spacial score (nSPS) is 21.1. The van der Waals surface area contributed by atoms with Gasteiger partial charge in [0.2, 0.25) is 0 Å². The highest BCUT2D eigenvalue weighted by atomic mass is 16.2. The van der Waals surface area contributed by atoms with E-state index in [1.54, 1.807) is 6.07 Å². The SMILES string of the molecule is Cc1cccc(N)c1C(=O)N1CCN(C)CC1C. The molecular weight excluding hydrogens is 226 g/mol. The van der Waals surface area contributed by atoms with Crippen LogP contribution in [0.25, 0.3) is 0 Å². The fourth-order valence-corrected chi connectivity index (χ4v) is 2.57. The van der Waals surface area contributed by atoms with Crippen LogP contribution >= 0.6 is 0 Å². The second-order valence-corrected chi connectivity index (χ2v) is 5.15. The highest BCUT2D eigenvalue weighted by Crippen LogP contribution is 2.21. The summed E-state index contributed by atoms with van der Waals surface area (Å²) in [5, 5.41) is 0. The Hall–Kier alpha value is -1.55. The minimum atomic E-state index is 0.0613. The number of nitrogen functional groups attached to an aromatic ring is 1. The van der Waals surface area contributed by atoms with E-state index in [2.05, 4.69) is 18.9 Å². The van der Waals surface area contributed by atoms with Crippen LogP contribution in [0.2, 0.25) is 0 Å². The first-order valence-corrected chi connectivity index (χ1v) is 6.35. The molecule has 0 aliphatic carbocycles.